The Morgan fingerprint density at radius 1 is 1.20 bits per heavy atom. The van der Waals surface area contributed by atoms with E-state index in [1.165, 1.54) is 12.8 Å². The maximum absolute atomic E-state index is 11.9. The second-order valence-corrected chi connectivity index (χ2v) is 6.95. The highest BCUT2D eigenvalue weighted by molar-refractivity contribution is 5.95. The average Bonchev–Trinajstić information content (AvgIpc) is 3.12. The molecular weight excluding hydrogens is 318 g/mol. The van der Waals surface area contributed by atoms with E-state index >= 15 is 0 Å². The van der Waals surface area contributed by atoms with Crippen LogP contribution in [0.2, 0.25) is 0 Å². The van der Waals surface area contributed by atoms with Crippen molar-refractivity contribution in [3.63, 3.8) is 0 Å². The third kappa shape index (κ3) is 6.48. The van der Waals surface area contributed by atoms with Crippen molar-refractivity contribution in [2.24, 2.45) is 11.7 Å². The Morgan fingerprint density at radius 2 is 1.84 bits per heavy atom. The van der Waals surface area contributed by atoms with E-state index in [9.17, 15) is 9.59 Å². The maximum Gasteiger partial charge on any atom is 0.243 e. The molecule has 138 valence electrons. The molecule has 2 amide bonds. The molecule has 4 N–H and O–H groups in total. The van der Waals surface area contributed by atoms with Gasteiger partial charge >= 0.3 is 0 Å². The number of carbonyl (C=O) groups is 2. The van der Waals surface area contributed by atoms with Gasteiger partial charge in [0, 0.05) is 5.69 Å². The van der Waals surface area contributed by atoms with Crippen molar-refractivity contribution < 1.29 is 14.3 Å². The fraction of sp³-hybridized carbons (Fsp3) is 0.579. The van der Waals surface area contributed by atoms with E-state index in [-0.39, 0.29) is 24.3 Å². The number of hydrogen-bond acceptors (Lipinski definition) is 4. The molecule has 1 atom stereocenters. The Bertz CT molecular complexity index is 566. The summed E-state index contributed by atoms with van der Waals surface area (Å²) in [7, 11) is 0. The van der Waals surface area contributed by atoms with Crippen LogP contribution in [-0.2, 0) is 20.9 Å². The summed E-state index contributed by atoms with van der Waals surface area (Å²) in [5.41, 5.74) is 7.51. The normalized spacial score (nSPS) is 16.0. The minimum Gasteiger partial charge on any atom is -0.374 e. The number of nitrogens with two attached hydrogens (primary N) is 1. The molecule has 0 aliphatic heterocycles. The number of hydrogen-bond donors (Lipinski definition) is 3. The molecule has 1 aliphatic carbocycles. The van der Waals surface area contributed by atoms with Crippen molar-refractivity contribution >= 4 is 17.5 Å². The summed E-state index contributed by atoms with van der Waals surface area (Å²) in [6.45, 7) is 4.23. The predicted molar refractivity (Wildman–Crippen MR) is 97.9 cm³/mol. The molecule has 1 saturated carbocycles. The number of carbonyl (C=O) groups excluding carboxylic acids is 2. The number of benzene rings is 1. The van der Waals surface area contributed by atoms with Gasteiger partial charge in [0.1, 0.15) is 0 Å². The van der Waals surface area contributed by atoms with Crippen molar-refractivity contribution in [2.75, 3.05) is 11.9 Å². The number of rotatable bonds is 8. The van der Waals surface area contributed by atoms with Crippen LogP contribution >= 0.6 is 0 Å². The van der Waals surface area contributed by atoms with Crippen molar-refractivity contribution in [2.45, 2.75) is 58.3 Å². The summed E-state index contributed by atoms with van der Waals surface area (Å²) < 4.78 is 5.87. The Kier molecular flexibility index (Phi) is 7.40. The molecule has 0 radical (unpaired) electrons. The molecule has 6 heteroatoms. The van der Waals surface area contributed by atoms with Crippen LogP contribution in [0.25, 0.3) is 0 Å². The first kappa shape index (κ1) is 19.4. The fourth-order valence-corrected chi connectivity index (χ4v) is 2.75. The van der Waals surface area contributed by atoms with Gasteiger partial charge in [0.2, 0.25) is 11.8 Å². The van der Waals surface area contributed by atoms with Gasteiger partial charge in [-0.1, -0.05) is 38.8 Å². The molecule has 0 bridgehead atoms. The van der Waals surface area contributed by atoms with Gasteiger partial charge < -0.3 is 21.1 Å². The fourth-order valence-electron chi connectivity index (χ4n) is 2.75. The van der Waals surface area contributed by atoms with Gasteiger partial charge in [0.15, 0.2) is 0 Å². The van der Waals surface area contributed by atoms with Gasteiger partial charge in [-0.25, -0.2) is 0 Å². The molecule has 1 aromatic carbocycles. The van der Waals surface area contributed by atoms with Crippen LogP contribution in [0.15, 0.2) is 24.3 Å². The van der Waals surface area contributed by atoms with Gasteiger partial charge in [-0.15, -0.1) is 0 Å². The zero-order chi connectivity index (χ0) is 18.2. The lowest BCUT2D eigenvalue weighted by Gasteiger charge is -2.15. The van der Waals surface area contributed by atoms with Crippen molar-refractivity contribution in [3.05, 3.63) is 29.8 Å². The highest BCUT2D eigenvalue weighted by Crippen LogP contribution is 2.22. The average molecular weight is 347 g/mol. The lowest BCUT2D eigenvalue weighted by molar-refractivity contribution is -0.125. The summed E-state index contributed by atoms with van der Waals surface area (Å²) >= 11 is 0. The van der Waals surface area contributed by atoms with Crippen molar-refractivity contribution in [1.29, 1.82) is 0 Å². The number of ether oxygens (including phenoxy) is 1. The van der Waals surface area contributed by atoms with E-state index in [2.05, 4.69) is 10.6 Å². The summed E-state index contributed by atoms with van der Waals surface area (Å²) in [6.07, 6.45) is 5.21. The number of anilines is 1. The first-order chi connectivity index (χ1) is 12.0. The van der Waals surface area contributed by atoms with Crippen LogP contribution in [0.5, 0.6) is 0 Å². The zero-order valence-electron chi connectivity index (χ0n) is 15.1. The van der Waals surface area contributed by atoms with Gasteiger partial charge in [-0.05, 0) is 36.5 Å². The minimum absolute atomic E-state index is 0.0297. The second kappa shape index (κ2) is 9.53. The Labute approximate surface area is 149 Å². The zero-order valence-corrected chi connectivity index (χ0v) is 15.1. The third-order valence-corrected chi connectivity index (χ3v) is 4.47. The summed E-state index contributed by atoms with van der Waals surface area (Å²) in [5.74, 6) is -0.564. The first-order valence-electron chi connectivity index (χ1n) is 8.99. The molecule has 0 saturated heterocycles. The van der Waals surface area contributed by atoms with Crippen molar-refractivity contribution in [3.8, 4) is 0 Å². The molecule has 1 aromatic rings. The smallest absolute Gasteiger partial charge is 0.243 e. The molecule has 1 fully saturated rings. The Hall–Kier alpha value is -1.92. The van der Waals surface area contributed by atoms with Gasteiger partial charge in [-0.3, -0.25) is 9.59 Å². The lowest BCUT2D eigenvalue weighted by Crippen LogP contribution is -2.46. The highest BCUT2D eigenvalue weighted by Gasteiger charge is 2.17. The molecule has 0 spiro atoms. The van der Waals surface area contributed by atoms with E-state index in [1.54, 1.807) is 0 Å². The molecule has 2 rings (SSSR count). The molecule has 0 unspecified atom stereocenters. The molecule has 25 heavy (non-hydrogen) atoms. The van der Waals surface area contributed by atoms with Crippen LogP contribution in [0, 0.1) is 5.92 Å². The standard InChI is InChI=1S/C19H29N3O3/c1-13(2)18(20)19(24)21-11-17(23)22-15-9-7-14(8-10-15)12-25-16-5-3-4-6-16/h7-10,13,16,18H,3-6,11-12,20H2,1-2H3,(H,21,24)(H,22,23)/t18-/m0/s1. The largest absolute Gasteiger partial charge is 0.374 e. The summed E-state index contributed by atoms with van der Waals surface area (Å²) in [4.78, 5) is 23.6. The summed E-state index contributed by atoms with van der Waals surface area (Å²) in [6, 6.07) is 6.96. The second-order valence-electron chi connectivity index (χ2n) is 6.95. The Morgan fingerprint density at radius 3 is 2.44 bits per heavy atom. The number of nitrogens with one attached hydrogen (secondary N) is 2. The van der Waals surface area contributed by atoms with Crippen LogP contribution in [0.1, 0.15) is 45.1 Å². The SMILES string of the molecule is CC(C)[C@H](N)C(=O)NCC(=O)Nc1ccc(COC2CCCC2)cc1. The van der Waals surface area contributed by atoms with E-state index in [0.29, 0.717) is 18.4 Å². The quantitative estimate of drug-likeness (QED) is 0.672. The van der Waals surface area contributed by atoms with Gasteiger partial charge in [0.05, 0.1) is 25.3 Å². The molecular formula is C19H29N3O3. The van der Waals surface area contributed by atoms with Crippen LogP contribution in [0.4, 0.5) is 5.69 Å². The molecule has 6 nitrogen and oxygen atoms in total. The minimum atomic E-state index is -0.605. The third-order valence-electron chi connectivity index (χ3n) is 4.47. The topological polar surface area (TPSA) is 93.5 Å². The van der Waals surface area contributed by atoms with Gasteiger partial charge in [-0.2, -0.15) is 0 Å². The molecule has 1 aliphatic rings. The van der Waals surface area contributed by atoms with E-state index in [1.807, 2.05) is 38.1 Å². The maximum atomic E-state index is 11.9. The lowest BCUT2D eigenvalue weighted by atomic mass is 10.1. The number of amides is 2. The van der Waals surface area contributed by atoms with Crippen LogP contribution in [-0.4, -0.2) is 30.5 Å². The predicted octanol–water partition coefficient (Wildman–Crippen LogP) is 2.18. The summed E-state index contributed by atoms with van der Waals surface area (Å²) in [5, 5.41) is 5.31. The monoisotopic (exact) mass is 347 g/mol. The van der Waals surface area contributed by atoms with E-state index in [4.69, 9.17) is 10.5 Å². The van der Waals surface area contributed by atoms with Crippen LogP contribution in [0.3, 0.4) is 0 Å². The van der Waals surface area contributed by atoms with E-state index in [0.717, 1.165) is 18.4 Å². The van der Waals surface area contributed by atoms with Crippen molar-refractivity contribution in [1.82, 2.24) is 5.32 Å². The first-order valence-corrected chi connectivity index (χ1v) is 8.99. The molecule has 0 heterocycles. The molecule has 0 aromatic heterocycles. The van der Waals surface area contributed by atoms with Gasteiger partial charge in [0.25, 0.3) is 0 Å². The Balaban J connectivity index is 1.72. The van der Waals surface area contributed by atoms with Crippen LogP contribution < -0.4 is 16.4 Å². The highest BCUT2D eigenvalue weighted by atomic mass is 16.5. The van der Waals surface area contributed by atoms with E-state index < -0.39 is 6.04 Å².